The van der Waals surface area contributed by atoms with E-state index in [2.05, 4.69) is 22.9 Å². The number of rotatable bonds is 8. The fourth-order valence-corrected chi connectivity index (χ4v) is 3.11. The number of carbonyl (C=O) groups excluding carboxylic acids is 2. The monoisotopic (exact) mass is 383 g/mol. The minimum atomic E-state index is -0.228. The molecule has 150 valence electrons. The molecular weight excluding hydrogens is 354 g/mol. The number of anilines is 1. The molecule has 3 amide bonds. The average molecular weight is 383 g/mol. The van der Waals surface area contributed by atoms with E-state index in [-0.39, 0.29) is 18.0 Å². The lowest BCUT2D eigenvalue weighted by Crippen LogP contribution is -2.34. The molecule has 0 saturated heterocycles. The Labute approximate surface area is 166 Å². The molecule has 1 heterocycles. The Morgan fingerprint density at radius 2 is 1.86 bits per heavy atom. The molecule has 6 heteroatoms. The summed E-state index contributed by atoms with van der Waals surface area (Å²) in [5, 5.41) is 8.47. The lowest BCUT2D eigenvalue weighted by Gasteiger charge is -2.10. The summed E-state index contributed by atoms with van der Waals surface area (Å²) in [6.45, 7) is 6.50. The molecular formula is C22H29N3O3. The molecule has 2 atom stereocenters. The zero-order valence-electron chi connectivity index (χ0n) is 16.7. The minimum absolute atomic E-state index is 0.00347. The van der Waals surface area contributed by atoms with Gasteiger partial charge in [-0.2, -0.15) is 0 Å². The van der Waals surface area contributed by atoms with Crippen LogP contribution in [0.15, 0.2) is 40.8 Å². The van der Waals surface area contributed by atoms with Gasteiger partial charge in [0, 0.05) is 37.0 Å². The van der Waals surface area contributed by atoms with E-state index < -0.39 is 0 Å². The van der Waals surface area contributed by atoms with Gasteiger partial charge in [-0.3, -0.25) is 4.79 Å². The van der Waals surface area contributed by atoms with Crippen LogP contribution in [0.2, 0.25) is 0 Å². The number of furan rings is 1. The van der Waals surface area contributed by atoms with Crippen molar-refractivity contribution in [3.8, 4) is 0 Å². The van der Waals surface area contributed by atoms with E-state index in [9.17, 15) is 9.59 Å². The Morgan fingerprint density at radius 3 is 2.50 bits per heavy atom. The number of nitrogens with one attached hydrogen (secondary N) is 3. The van der Waals surface area contributed by atoms with Gasteiger partial charge < -0.3 is 20.4 Å². The summed E-state index contributed by atoms with van der Waals surface area (Å²) in [7, 11) is 0. The van der Waals surface area contributed by atoms with Gasteiger partial charge in [-0.1, -0.05) is 19.1 Å². The first kappa shape index (κ1) is 20.0. The largest absolute Gasteiger partial charge is 0.466 e. The number of carbonyl (C=O) groups is 2. The van der Waals surface area contributed by atoms with Gasteiger partial charge in [-0.05, 0) is 56.0 Å². The van der Waals surface area contributed by atoms with Crippen LogP contribution < -0.4 is 16.0 Å². The third-order valence-corrected chi connectivity index (χ3v) is 4.88. The predicted molar refractivity (Wildman–Crippen MR) is 109 cm³/mol. The van der Waals surface area contributed by atoms with Crippen LogP contribution in [0.4, 0.5) is 10.5 Å². The van der Waals surface area contributed by atoms with Crippen molar-refractivity contribution in [3.63, 3.8) is 0 Å². The van der Waals surface area contributed by atoms with Crippen molar-refractivity contribution < 1.29 is 14.0 Å². The van der Waals surface area contributed by atoms with Gasteiger partial charge in [0.1, 0.15) is 11.5 Å². The molecule has 1 fully saturated rings. The SMILES string of the molecule is CC(C)NC(=O)Nc1ccc(CNC(=O)CCc2ccc(C3CC3C)o2)cc1. The molecule has 1 saturated carbocycles. The van der Waals surface area contributed by atoms with Gasteiger partial charge in [0.2, 0.25) is 5.91 Å². The normalized spacial score (nSPS) is 18.0. The van der Waals surface area contributed by atoms with E-state index in [0.29, 0.717) is 36.9 Å². The molecule has 28 heavy (non-hydrogen) atoms. The lowest BCUT2D eigenvalue weighted by atomic mass is 10.2. The van der Waals surface area contributed by atoms with Crippen LogP contribution in [0.3, 0.4) is 0 Å². The van der Waals surface area contributed by atoms with Crippen molar-refractivity contribution in [2.45, 2.75) is 58.5 Å². The van der Waals surface area contributed by atoms with Crippen molar-refractivity contribution in [2.24, 2.45) is 5.92 Å². The summed E-state index contributed by atoms with van der Waals surface area (Å²) >= 11 is 0. The smallest absolute Gasteiger partial charge is 0.319 e. The van der Waals surface area contributed by atoms with Crippen molar-refractivity contribution in [1.29, 1.82) is 0 Å². The van der Waals surface area contributed by atoms with Crippen molar-refractivity contribution in [2.75, 3.05) is 5.32 Å². The number of hydrogen-bond acceptors (Lipinski definition) is 3. The molecule has 3 rings (SSSR count). The molecule has 2 aromatic rings. The maximum absolute atomic E-state index is 12.1. The van der Waals surface area contributed by atoms with Crippen molar-refractivity contribution in [1.82, 2.24) is 10.6 Å². The second kappa shape index (κ2) is 8.95. The van der Waals surface area contributed by atoms with Crippen molar-refractivity contribution in [3.05, 3.63) is 53.5 Å². The number of benzene rings is 1. The zero-order chi connectivity index (χ0) is 20.1. The van der Waals surface area contributed by atoms with Gasteiger partial charge in [0.25, 0.3) is 0 Å². The molecule has 3 N–H and O–H groups in total. The maximum atomic E-state index is 12.1. The summed E-state index contributed by atoms with van der Waals surface area (Å²) < 4.78 is 5.84. The fourth-order valence-electron chi connectivity index (χ4n) is 3.11. The van der Waals surface area contributed by atoms with Crippen LogP contribution in [0.5, 0.6) is 0 Å². The Balaban J connectivity index is 1.38. The summed E-state index contributed by atoms with van der Waals surface area (Å²) in [5.41, 5.74) is 1.69. The Bertz CT molecular complexity index is 811. The Hall–Kier alpha value is -2.76. The fraction of sp³-hybridized carbons (Fsp3) is 0.455. The first-order chi connectivity index (χ1) is 13.4. The van der Waals surface area contributed by atoms with E-state index in [1.54, 1.807) is 0 Å². The highest BCUT2D eigenvalue weighted by Gasteiger charge is 2.36. The lowest BCUT2D eigenvalue weighted by molar-refractivity contribution is -0.121. The van der Waals surface area contributed by atoms with Crippen LogP contribution in [0.25, 0.3) is 0 Å². The van der Waals surface area contributed by atoms with E-state index in [0.717, 1.165) is 17.1 Å². The molecule has 2 unspecified atom stereocenters. The van der Waals surface area contributed by atoms with Gasteiger partial charge in [-0.25, -0.2) is 4.79 Å². The van der Waals surface area contributed by atoms with Crippen LogP contribution in [-0.4, -0.2) is 18.0 Å². The standard InChI is InChI=1S/C22H29N3O3/c1-14(2)24-22(27)25-17-6-4-16(5-7-17)13-23-21(26)11-9-18-8-10-20(28-18)19-12-15(19)3/h4-8,10,14-15,19H,9,11-13H2,1-3H3,(H,23,26)(H2,24,25,27). The second-order valence-corrected chi connectivity index (χ2v) is 7.85. The first-order valence-corrected chi connectivity index (χ1v) is 9.92. The summed E-state index contributed by atoms with van der Waals surface area (Å²) in [4.78, 5) is 23.8. The number of urea groups is 1. The zero-order valence-corrected chi connectivity index (χ0v) is 16.7. The van der Waals surface area contributed by atoms with Gasteiger partial charge in [0.15, 0.2) is 0 Å². The number of amides is 3. The maximum Gasteiger partial charge on any atom is 0.319 e. The van der Waals surface area contributed by atoms with Gasteiger partial charge in [0.05, 0.1) is 0 Å². The molecule has 6 nitrogen and oxygen atoms in total. The van der Waals surface area contributed by atoms with E-state index in [4.69, 9.17) is 4.42 Å². The Kier molecular flexibility index (Phi) is 6.39. The molecule has 1 aromatic heterocycles. The highest BCUT2D eigenvalue weighted by Crippen LogP contribution is 2.47. The van der Waals surface area contributed by atoms with E-state index in [1.807, 2.05) is 50.2 Å². The van der Waals surface area contributed by atoms with Crippen LogP contribution >= 0.6 is 0 Å². The summed E-state index contributed by atoms with van der Waals surface area (Å²) in [6.07, 6.45) is 2.22. The predicted octanol–water partition coefficient (Wildman–Crippen LogP) is 4.18. The summed E-state index contributed by atoms with van der Waals surface area (Å²) in [5.74, 6) is 3.21. The highest BCUT2D eigenvalue weighted by atomic mass is 16.3. The summed E-state index contributed by atoms with van der Waals surface area (Å²) in [6, 6.07) is 11.3. The minimum Gasteiger partial charge on any atom is -0.466 e. The highest BCUT2D eigenvalue weighted by molar-refractivity contribution is 5.89. The number of aryl methyl sites for hydroxylation is 1. The van der Waals surface area contributed by atoms with E-state index >= 15 is 0 Å². The number of hydrogen-bond donors (Lipinski definition) is 3. The first-order valence-electron chi connectivity index (χ1n) is 9.92. The van der Waals surface area contributed by atoms with Crippen LogP contribution in [0.1, 0.15) is 56.6 Å². The quantitative estimate of drug-likeness (QED) is 0.639. The molecule has 0 bridgehead atoms. The van der Waals surface area contributed by atoms with Crippen LogP contribution in [0, 0.1) is 5.92 Å². The van der Waals surface area contributed by atoms with E-state index in [1.165, 1.54) is 6.42 Å². The van der Waals surface area contributed by atoms with Gasteiger partial charge >= 0.3 is 6.03 Å². The molecule has 0 radical (unpaired) electrons. The second-order valence-electron chi connectivity index (χ2n) is 7.85. The third kappa shape index (κ3) is 5.87. The molecule has 1 aliphatic rings. The molecule has 0 aliphatic heterocycles. The molecule has 1 aliphatic carbocycles. The topological polar surface area (TPSA) is 83.4 Å². The van der Waals surface area contributed by atoms with Crippen LogP contribution in [-0.2, 0) is 17.8 Å². The molecule has 1 aromatic carbocycles. The van der Waals surface area contributed by atoms with Gasteiger partial charge in [-0.15, -0.1) is 0 Å². The average Bonchev–Trinajstić information content (AvgIpc) is 3.19. The molecule has 0 spiro atoms. The third-order valence-electron chi connectivity index (χ3n) is 4.88. The van der Waals surface area contributed by atoms with Crippen molar-refractivity contribution >= 4 is 17.6 Å². The Morgan fingerprint density at radius 1 is 1.14 bits per heavy atom.